The Morgan fingerprint density at radius 1 is 1.44 bits per heavy atom. The van der Waals surface area contributed by atoms with Crippen molar-refractivity contribution in [3.63, 3.8) is 0 Å². The maximum absolute atomic E-state index is 11.6. The van der Waals surface area contributed by atoms with Crippen molar-refractivity contribution in [2.45, 2.75) is 4.90 Å². The van der Waals surface area contributed by atoms with E-state index in [9.17, 15) is 13.6 Å². The van der Waals surface area contributed by atoms with Gasteiger partial charge in [-0.2, -0.15) is 5.26 Å². The highest BCUT2D eigenvalue weighted by Crippen LogP contribution is 2.13. The van der Waals surface area contributed by atoms with E-state index < -0.39 is 11.1 Å². The van der Waals surface area contributed by atoms with Crippen molar-refractivity contribution in [3.8, 4) is 6.07 Å². The SMILES string of the molecule is CN(C)C(=O)c1cc(C#N)cc(S(=O)[O-])c1. The first-order valence-electron chi connectivity index (χ1n) is 4.32. The standard InChI is InChI=1S/C10H10N2O3S/c1-12(2)10(13)8-3-7(6-11)4-9(5-8)16(14)15/h3-5H,1-2H3,(H,14,15)/p-1. The van der Waals surface area contributed by atoms with Crippen LogP contribution in [0.3, 0.4) is 0 Å². The maximum atomic E-state index is 11.6. The molecular weight excluding hydrogens is 228 g/mol. The number of amides is 1. The molecule has 1 aromatic rings. The second-order valence-electron chi connectivity index (χ2n) is 3.29. The Bertz CT molecular complexity index is 491. The molecule has 1 unspecified atom stereocenters. The molecule has 16 heavy (non-hydrogen) atoms. The molecule has 84 valence electrons. The van der Waals surface area contributed by atoms with Crippen molar-refractivity contribution < 1.29 is 13.6 Å². The van der Waals surface area contributed by atoms with Crippen molar-refractivity contribution in [1.82, 2.24) is 4.90 Å². The van der Waals surface area contributed by atoms with E-state index in [1.165, 1.54) is 23.1 Å². The molecule has 1 atom stereocenters. The third-order valence-electron chi connectivity index (χ3n) is 1.88. The van der Waals surface area contributed by atoms with Crippen molar-refractivity contribution in [2.24, 2.45) is 0 Å². The van der Waals surface area contributed by atoms with Crippen LogP contribution < -0.4 is 0 Å². The monoisotopic (exact) mass is 237 g/mol. The van der Waals surface area contributed by atoms with Crippen LogP contribution in [0.4, 0.5) is 0 Å². The number of hydrogen-bond donors (Lipinski definition) is 0. The van der Waals surface area contributed by atoms with Crippen molar-refractivity contribution in [2.75, 3.05) is 14.1 Å². The minimum atomic E-state index is -2.45. The lowest BCUT2D eigenvalue weighted by Crippen LogP contribution is -2.21. The Labute approximate surface area is 95.6 Å². The Kier molecular flexibility index (Phi) is 3.77. The minimum absolute atomic E-state index is 0.0655. The van der Waals surface area contributed by atoms with Gasteiger partial charge in [0.2, 0.25) is 0 Å². The van der Waals surface area contributed by atoms with E-state index in [1.807, 2.05) is 6.07 Å². The molecular formula is C10H9N2O3S-. The van der Waals surface area contributed by atoms with Crippen LogP contribution in [0.25, 0.3) is 0 Å². The Hall–Kier alpha value is -1.71. The fourth-order valence-corrected chi connectivity index (χ4v) is 1.59. The van der Waals surface area contributed by atoms with Gasteiger partial charge in [0, 0.05) is 24.6 Å². The first kappa shape index (κ1) is 12.4. The Balaban J connectivity index is 3.31. The molecule has 1 rings (SSSR count). The van der Waals surface area contributed by atoms with Crippen LogP contribution in [0.2, 0.25) is 0 Å². The van der Waals surface area contributed by atoms with Crippen LogP contribution in [0, 0.1) is 11.3 Å². The molecule has 0 aliphatic rings. The average Bonchev–Trinajstić information content (AvgIpc) is 2.27. The van der Waals surface area contributed by atoms with Crippen LogP contribution in [0.15, 0.2) is 23.1 Å². The number of carbonyl (C=O) groups excluding carboxylic acids is 1. The van der Waals surface area contributed by atoms with Gasteiger partial charge in [-0.15, -0.1) is 0 Å². The van der Waals surface area contributed by atoms with Crippen LogP contribution in [-0.2, 0) is 11.1 Å². The molecule has 0 spiro atoms. The normalized spacial score (nSPS) is 11.6. The molecule has 0 heterocycles. The van der Waals surface area contributed by atoms with Gasteiger partial charge in [0.25, 0.3) is 5.91 Å². The average molecular weight is 237 g/mol. The highest BCUT2D eigenvalue weighted by atomic mass is 32.2. The van der Waals surface area contributed by atoms with E-state index in [4.69, 9.17) is 5.26 Å². The van der Waals surface area contributed by atoms with E-state index in [0.717, 1.165) is 0 Å². The summed E-state index contributed by atoms with van der Waals surface area (Å²) in [6.45, 7) is 0. The highest BCUT2D eigenvalue weighted by molar-refractivity contribution is 7.79. The number of nitrogens with zero attached hydrogens (tertiary/aromatic N) is 2. The molecule has 0 aliphatic heterocycles. The number of carbonyl (C=O) groups is 1. The van der Waals surface area contributed by atoms with Crippen molar-refractivity contribution >= 4 is 17.0 Å². The molecule has 6 heteroatoms. The van der Waals surface area contributed by atoms with Gasteiger partial charge in [-0.1, -0.05) is 0 Å². The molecule has 0 bridgehead atoms. The van der Waals surface area contributed by atoms with Crippen LogP contribution >= 0.6 is 0 Å². The molecule has 0 aromatic heterocycles. The summed E-state index contributed by atoms with van der Waals surface area (Å²) < 4.78 is 21.6. The minimum Gasteiger partial charge on any atom is -0.768 e. The summed E-state index contributed by atoms with van der Waals surface area (Å²) in [6, 6.07) is 5.63. The van der Waals surface area contributed by atoms with Gasteiger partial charge < -0.3 is 9.45 Å². The fraction of sp³-hybridized carbons (Fsp3) is 0.200. The summed E-state index contributed by atoms with van der Waals surface area (Å²) in [4.78, 5) is 12.9. The number of rotatable bonds is 2. The highest BCUT2D eigenvalue weighted by Gasteiger charge is 2.10. The first-order chi connectivity index (χ1) is 7.45. The zero-order valence-electron chi connectivity index (χ0n) is 8.76. The lowest BCUT2D eigenvalue weighted by Gasteiger charge is -2.12. The number of benzene rings is 1. The largest absolute Gasteiger partial charge is 0.768 e. The molecule has 0 saturated carbocycles. The number of hydrogen-bond acceptors (Lipinski definition) is 4. The van der Waals surface area contributed by atoms with Gasteiger partial charge >= 0.3 is 0 Å². The van der Waals surface area contributed by atoms with Crippen LogP contribution in [0.1, 0.15) is 15.9 Å². The predicted octanol–water partition coefficient (Wildman–Crippen LogP) is 0.498. The smallest absolute Gasteiger partial charge is 0.253 e. The third-order valence-corrected chi connectivity index (χ3v) is 2.50. The predicted molar refractivity (Wildman–Crippen MR) is 56.4 cm³/mol. The van der Waals surface area contributed by atoms with E-state index in [2.05, 4.69) is 0 Å². The lowest BCUT2D eigenvalue weighted by molar-refractivity contribution is 0.0827. The zero-order valence-corrected chi connectivity index (χ0v) is 9.58. The topological polar surface area (TPSA) is 84.2 Å². The fourth-order valence-electron chi connectivity index (χ4n) is 1.14. The molecule has 0 N–H and O–H groups in total. The van der Waals surface area contributed by atoms with Gasteiger partial charge in [0.1, 0.15) is 0 Å². The Morgan fingerprint density at radius 3 is 2.50 bits per heavy atom. The van der Waals surface area contributed by atoms with Gasteiger partial charge in [0.05, 0.1) is 11.6 Å². The molecule has 0 fully saturated rings. The second kappa shape index (κ2) is 4.88. The summed E-state index contributed by atoms with van der Waals surface area (Å²) in [5.41, 5.74) is 0.329. The van der Waals surface area contributed by atoms with Gasteiger partial charge in [-0.05, 0) is 29.3 Å². The number of nitriles is 1. The van der Waals surface area contributed by atoms with Gasteiger partial charge in [-0.25, -0.2) is 0 Å². The zero-order chi connectivity index (χ0) is 12.3. The summed E-state index contributed by atoms with van der Waals surface area (Å²) in [5.74, 6) is -0.344. The van der Waals surface area contributed by atoms with E-state index >= 15 is 0 Å². The molecule has 0 saturated heterocycles. The van der Waals surface area contributed by atoms with E-state index in [1.54, 1.807) is 14.1 Å². The molecule has 1 aromatic carbocycles. The Morgan fingerprint density at radius 2 is 2.06 bits per heavy atom. The van der Waals surface area contributed by atoms with E-state index in [-0.39, 0.29) is 21.9 Å². The first-order valence-corrected chi connectivity index (χ1v) is 5.39. The third kappa shape index (κ3) is 2.66. The lowest BCUT2D eigenvalue weighted by atomic mass is 10.1. The van der Waals surface area contributed by atoms with Gasteiger partial charge in [0.15, 0.2) is 0 Å². The molecule has 5 nitrogen and oxygen atoms in total. The molecule has 1 amide bonds. The van der Waals surface area contributed by atoms with Crippen molar-refractivity contribution in [3.05, 3.63) is 29.3 Å². The van der Waals surface area contributed by atoms with Crippen molar-refractivity contribution in [1.29, 1.82) is 5.26 Å². The second-order valence-corrected chi connectivity index (χ2v) is 4.23. The summed E-state index contributed by atoms with van der Waals surface area (Å²) >= 11 is -2.45. The van der Waals surface area contributed by atoms with Gasteiger partial charge in [-0.3, -0.25) is 9.00 Å². The summed E-state index contributed by atoms with van der Waals surface area (Å²) in [5, 5.41) is 8.71. The quantitative estimate of drug-likeness (QED) is 0.701. The molecule has 0 aliphatic carbocycles. The van der Waals surface area contributed by atoms with E-state index in [0.29, 0.717) is 0 Å². The summed E-state index contributed by atoms with van der Waals surface area (Å²) in [7, 11) is 3.10. The van der Waals surface area contributed by atoms with Crippen LogP contribution in [-0.4, -0.2) is 33.7 Å². The summed E-state index contributed by atoms with van der Waals surface area (Å²) in [6.07, 6.45) is 0. The maximum Gasteiger partial charge on any atom is 0.253 e. The molecule has 0 radical (unpaired) electrons. The van der Waals surface area contributed by atoms with Crippen LogP contribution in [0.5, 0.6) is 0 Å².